The molecule has 1 atom stereocenters. The van der Waals surface area contributed by atoms with E-state index in [2.05, 4.69) is 57.8 Å². The van der Waals surface area contributed by atoms with Gasteiger partial charge in [-0.15, -0.1) is 11.3 Å². The summed E-state index contributed by atoms with van der Waals surface area (Å²) in [7, 11) is 0. The van der Waals surface area contributed by atoms with Gasteiger partial charge in [-0.05, 0) is 12.5 Å². The fraction of sp³-hybridized carbons (Fsp3) is 0.400. The highest BCUT2D eigenvalue weighted by molar-refractivity contribution is 7.09. The molecule has 1 unspecified atom stereocenters. The van der Waals surface area contributed by atoms with E-state index in [9.17, 15) is 0 Å². The minimum Gasteiger partial charge on any atom is -0.308 e. The van der Waals surface area contributed by atoms with Crippen LogP contribution in [0.3, 0.4) is 0 Å². The van der Waals surface area contributed by atoms with Gasteiger partial charge < -0.3 is 5.32 Å². The zero-order chi connectivity index (χ0) is 13.1. The summed E-state index contributed by atoms with van der Waals surface area (Å²) in [6.45, 7) is 6.23. The minimum atomic E-state index is 0.440. The molecule has 0 amide bonds. The predicted octanol–water partition coefficient (Wildman–Crippen LogP) is 2.60. The second-order valence-electron chi connectivity index (χ2n) is 5.01. The number of piperazine rings is 1. The lowest BCUT2D eigenvalue weighted by molar-refractivity contribution is 0.191. The maximum atomic E-state index is 4.56. The van der Waals surface area contributed by atoms with E-state index in [-0.39, 0.29) is 0 Å². The van der Waals surface area contributed by atoms with Crippen LogP contribution < -0.4 is 5.32 Å². The Bertz CT molecular complexity index is 523. The summed E-state index contributed by atoms with van der Waals surface area (Å²) >= 11 is 1.74. The number of nitrogens with one attached hydrogen (secondary N) is 1. The topological polar surface area (TPSA) is 28.2 Å². The number of hydrogen-bond acceptors (Lipinski definition) is 4. The Labute approximate surface area is 118 Å². The predicted molar refractivity (Wildman–Crippen MR) is 79.3 cm³/mol. The molecular formula is C15H19N3S. The summed E-state index contributed by atoms with van der Waals surface area (Å²) in [6, 6.07) is 11.1. The van der Waals surface area contributed by atoms with Gasteiger partial charge in [0, 0.05) is 37.6 Å². The van der Waals surface area contributed by atoms with E-state index in [4.69, 9.17) is 0 Å². The first-order chi connectivity index (χ1) is 9.31. The lowest BCUT2D eigenvalue weighted by Crippen LogP contribution is -2.45. The van der Waals surface area contributed by atoms with E-state index in [0.717, 1.165) is 31.2 Å². The summed E-state index contributed by atoms with van der Waals surface area (Å²) in [5.74, 6) is 0. The second kappa shape index (κ2) is 5.82. The van der Waals surface area contributed by atoms with Gasteiger partial charge in [0.05, 0.1) is 10.7 Å². The number of rotatable bonds is 3. The molecule has 1 aromatic carbocycles. The molecule has 0 saturated carbocycles. The Kier molecular flexibility index (Phi) is 3.92. The number of benzene rings is 1. The molecule has 1 aliphatic heterocycles. The average Bonchev–Trinajstić information content (AvgIpc) is 2.85. The standard InChI is InChI=1S/C15H19N3S/c1-12-17-14(11-19-12)9-18-8-7-16-15(10-18)13-5-3-2-4-6-13/h2-6,11,15-16H,7-10H2,1H3. The van der Waals surface area contributed by atoms with Crippen molar-refractivity contribution in [1.82, 2.24) is 15.2 Å². The van der Waals surface area contributed by atoms with Crippen LogP contribution in [0.2, 0.25) is 0 Å². The average molecular weight is 273 g/mol. The van der Waals surface area contributed by atoms with Crippen molar-refractivity contribution in [3.63, 3.8) is 0 Å². The SMILES string of the molecule is Cc1nc(CN2CCNC(c3ccccc3)C2)cs1. The summed E-state index contributed by atoms with van der Waals surface area (Å²) in [5, 5.41) is 6.93. The molecule has 19 heavy (non-hydrogen) atoms. The molecule has 0 aliphatic carbocycles. The van der Waals surface area contributed by atoms with Crippen molar-refractivity contribution in [2.24, 2.45) is 0 Å². The Balaban J connectivity index is 1.65. The van der Waals surface area contributed by atoms with E-state index in [1.807, 2.05) is 0 Å². The van der Waals surface area contributed by atoms with Crippen molar-refractivity contribution in [1.29, 1.82) is 0 Å². The van der Waals surface area contributed by atoms with Gasteiger partial charge in [0.25, 0.3) is 0 Å². The normalized spacial score (nSPS) is 20.6. The number of aryl methyl sites for hydroxylation is 1. The van der Waals surface area contributed by atoms with Gasteiger partial charge in [-0.2, -0.15) is 0 Å². The number of nitrogens with zero attached hydrogens (tertiary/aromatic N) is 2. The summed E-state index contributed by atoms with van der Waals surface area (Å²) in [6.07, 6.45) is 0. The Morgan fingerprint density at radius 3 is 2.95 bits per heavy atom. The van der Waals surface area contributed by atoms with Crippen molar-refractivity contribution >= 4 is 11.3 Å². The molecule has 100 valence electrons. The molecule has 3 nitrogen and oxygen atoms in total. The van der Waals surface area contributed by atoms with Crippen molar-refractivity contribution < 1.29 is 0 Å². The molecule has 0 radical (unpaired) electrons. The molecule has 0 spiro atoms. The van der Waals surface area contributed by atoms with Crippen LogP contribution in [0.1, 0.15) is 22.3 Å². The Morgan fingerprint density at radius 2 is 2.21 bits per heavy atom. The molecular weight excluding hydrogens is 254 g/mol. The van der Waals surface area contributed by atoms with Crippen LogP contribution in [0, 0.1) is 6.92 Å². The maximum absolute atomic E-state index is 4.56. The number of thiazole rings is 1. The third-order valence-electron chi connectivity index (χ3n) is 3.51. The van der Waals surface area contributed by atoms with Gasteiger partial charge in [-0.25, -0.2) is 4.98 Å². The molecule has 1 saturated heterocycles. The molecule has 1 fully saturated rings. The highest BCUT2D eigenvalue weighted by Gasteiger charge is 2.20. The fourth-order valence-electron chi connectivity index (χ4n) is 2.57. The van der Waals surface area contributed by atoms with Crippen LogP contribution in [-0.2, 0) is 6.54 Å². The van der Waals surface area contributed by atoms with Crippen molar-refractivity contribution in [2.75, 3.05) is 19.6 Å². The molecule has 1 aromatic heterocycles. The van der Waals surface area contributed by atoms with Crippen LogP contribution in [0.5, 0.6) is 0 Å². The summed E-state index contributed by atoms with van der Waals surface area (Å²) in [4.78, 5) is 7.05. The summed E-state index contributed by atoms with van der Waals surface area (Å²) < 4.78 is 0. The van der Waals surface area contributed by atoms with Gasteiger partial charge in [0.2, 0.25) is 0 Å². The van der Waals surface area contributed by atoms with Crippen LogP contribution in [0.25, 0.3) is 0 Å². The van der Waals surface area contributed by atoms with Crippen molar-refractivity contribution in [3.8, 4) is 0 Å². The van der Waals surface area contributed by atoms with Crippen LogP contribution >= 0.6 is 11.3 Å². The van der Waals surface area contributed by atoms with Crippen LogP contribution in [-0.4, -0.2) is 29.5 Å². The molecule has 3 rings (SSSR count). The zero-order valence-corrected chi connectivity index (χ0v) is 12.0. The maximum Gasteiger partial charge on any atom is 0.0897 e. The first-order valence-electron chi connectivity index (χ1n) is 6.73. The van der Waals surface area contributed by atoms with Gasteiger partial charge >= 0.3 is 0 Å². The zero-order valence-electron chi connectivity index (χ0n) is 11.2. The highest BCUT2D eigenvalue weighted by Crippen LogP contribution is 2.19. The quantitative estimate of drug-likeness (QED) is 0.931. The second-order valence-corrected chi connectivity index (χ2v) is 6.07. The van der Waals surface area contributed by atoms with E-state index in [1.54, 1.807) is 11.3 Å². The molecule has 2 heterocycles. The van der Waals surface area contributed by atoms with E-state index < -0.39 is 0 Å². The molecule has 1 N–H and O–H groups in total. The fourth-order valence-corrected chi connectivity index (χ4v) is 3.18. The van der Waals surface area contributed by atoms with Gasteiger partial charge in [0.1, 0.15) is 0 Å². The minimum absolute atomic E-state index is 0.440. The van der Waals surface area contributed by atoms with Gasteiger partial charge in [-0.3, -0.25) is 4.90 Å². The molecule has 1 aliphatic rings. The third-order valence-corrected chi connectivity index (χ3v) is 4.34. The Morgan fingerprint density at radius 1 is 1.37 bits per heavy atom. The van der Waals surface area contributed by atoms with E-state index in [1.165, 1.54) is 11.3 Å². The van der Waals surface area contributed by atoms with E-state index in [0.29, 0.717) is 6.04 Å². The first-order valence-corrected chi connectivity index (χ1v) is 7.61. The lowest BCUT2D eigenvalue weighted by Gasteiger charge is -2.33. The van der Waals surface area contributed by atoms with Crippen LogP contribution in [0.15, 0.2) is 35.7 Å². The van der Waals surface area contributed by atoms with Gasteiger partial charge in [0.15, 0.2) is 0 Å². The Hall–Kier alpha value is -1.23. The number of aromatic nitrogens is 1. The van der Waals surface area contributed by atoms with Gasteiger partial charge in [-0.1, -0.05) is 30.3 Å². The largest absolute Gasteiger partial charge is 0.308 e. The van der Waals surface area contributed by atoms with Crippen molar-refractivity contribution in [3.05, 3.63) is 52.0 Å². The first kappa shape index (κ1) is 12.8. The van der Waals surface area contributed by atoms with E-state index >= 15 is 0 Å². The summed E-state index contributed by atoms with van der Waals surface area (Å²) in [5.41, 5.74) is 2.58. The van der Waals surface area contributed by atoms with Crippen molar-refractivity contribution in [2.45, 2.75) is 19.5 Å². The molecule has 4 heteroatoms. The molecule has 2 aromatic rings. The lowest BCUT2D eigenvalue weighted by atomic mass is 10.0. The van der Waals surface area contributed by atoms with Crippen LogP contribution in [0.4, 0.5) is 0 Å². The third kappa shape index (κ3) is 3.21. The monoisotopic (exact) mass is 273 g/mol. The smallest absolute Gasteiger partial charge is 0.0897 e. The number of hydrogen-bond donors (Lipinski definition) is 1. The molecule has 0 bridgehead atoms. The highest BCUT2D eigenvalue weighted by atomic mass is 32.1.